The number of anilines is 1. The number of thiophene rings is 1. The molecule has 2 unspecified atom stereocenters. The molecule has 37 heavy (non-hydrogen) atoms. The lowest BCUT2D eigenvalue weighted by Gasteiger charge is -2.30. The van der Waals surface area contributed by atoms with Gasteiger partial charge in [-0.3, -0.25) is 0 Å². The SMILES string of the molecule is Nc1nc(SCc2ccc(F)cc2)nc2sc3c(c12)CC(c1ccc(Br)cc1)SC3c1ccc(Br)cc1. The second-order valence-corrected chi connectivity index (χ2v) is 13.9. The highest BCUT2D eigenvalue weighted by molar-refractivity contribution is 9.10. The second kappa shape index (κ2) is 10.7. The standard InChI is InChI=1S/C28H20Br2FN3S3/c29-18-7-3-16(4-8-18)22-13-21-23-26(32)33-28(35-14-15-1-11-20(31)12-2-15)34-27(23)37-25(21)24(36-22)17-5-9-19(30)10-6-17/h1-12,22,24H,13-14H2,(H2,32,33,34). The van der Waals surface area contributed by atoms with Crippen LogP contribution in [0.3, 0.4) is 0 Å². The molecule has 0 saturated carbocycles. The summed E-state index contributed by atoms with van der Waals surface area (Å²) < 4.78 is 15.4. The summed E-state index contributed by atoms with van der Waals surface area (Å²) in [6.07, 6.45) is 0.879. The molecule has 186 valence electrons. The van der Waals surface area contributed by atoms with Crippen LogP contribution in [0.2, 0.25) is 0 Å². The molecule has 2 atom stereocenters. The molecule has 3 nitrogen and oxygen atoms in total. The van der Waals surface area contributed by atoms with Crippen molar-refractivity contribution in [1.29, 1.82) is 0 Å². The van der Waals surface area contributed by atoms with Gasteiger partial charge in [0.2, 0.25) is 0 Å². The Kier molecular flexibility index (Phi) is 7.33. The van der Waals surface area contributed by atoms with E-state index in [1.54, 1.807) is 23.5 Å². The van der Waals surface area contributed by atoms with E-state index in [1.807, 2.05) is 11.8 Å². The van der Waals surface area contributed by atoms with Gasteiger partial charge in [0.1, 0.15) is 16.5 Å². The molecule has 0 amide bonds. The minimum Gasteiger partial charge on any atom is -0.383 e. The van der Waals surface area contributed by atoms with Crippen molar-refractivity contribution in [3.63, 3.8) is 0 Å². The van der Waals surface area contributed by atoms with Gasteiger partial charge in [0.05, 0.1) is 10.6 Å². The molecule has 3 heterocycles. The van der Waals surface area contributed by atoms with E-state index in [1.165, 1.54) is 45.5 Å². The van der Waals surface area contributed by atoms with Crippen molar-refractivity contribution in [1.82, 2.24) is 9.97 Å². The molecule has 0 saturated heterocycles. The zero-order valence-corrected chi connectivity index (χ0v) is 24.9. The molecule has 1 aliphatic rings. The summed E-state index contributed by atoms with van der Waals surface area (Å²) in [7, 11) is 0. The third-order valence-electron chi connectivity index (χ3n) is 6.31. The minimum atomic E-state index is -0.237. The van der Waals surface area contributed by atoms with Crippen LogP contribution in [0.1, 0.15) is 37.6 Å². The molecule has 0 fully saturated rings. The van der Waals surface area contributed by atoms with Gasteiger partial charge < -0.3 is 5.73 Å². The molecule has 3 aromatic carbocycles. The number of aromatic nitrogens is 2. The van der Waals surface area contributed by atoms with Crippen LogP contribution in [0.15, 0.2) is 86.9 Å². The van der Waals surface area contributed by atoms with Gasteiger partial charge in [-0.25, -0.2) is 14.4 Å². The minimum absolute atomic E-state index is 0.180. The Balaban J connectivity index is 1.40. The highest BCUT2D eigenvalue weighted by Gasteiger charge is 2.34. The quantitative estimate of drug-likeness (QED) is 0.149. The molecular weight excluding hydrogens is 653 g/mol. The predicted molar refractivity (Wildman–Crippen MR) is 162 cm³/mol. The molecule has 0 radical (unpaired) electrons. The van der Waals surface area contributed by atoms with E-state index in [9.17, 15) is 4.39 Å². The molecule has 1 aliphatic heterocycles. The number of thioether (sulfide) groups is 2. The van der Waals surface area contributed by atoms with E-state index >= 15 is 0 Å². The van der Waals surface area contributed by atoms with Gasteiger partial charge in [0.15, 0.2) is 5.16 Å². The van der Waals surface area contributed by atoms with Crippen molar-refractivity contribution in [2.75, 3.05) is 5.73 Å². The monoisotopic (exact) mass is 671 g/mol. The highest BCUT2D eigenvalue weighted by Crippen LogP contribution is 2.56. The first-order chi connectivity index (χ1) is 17.9. The maximum Gasteiger partial charge on any atom is 0.191 e. The van der Waals surface area contributed by atoms with Crippen LogP contribution in [0.5, 0.6) is 0 Å². The van der Waals surface area contributed by atoms with Crippen molar-refractivity contribution in [3.8, 4) is 0 Å². The summed E-state index contributed by atoms with van der Waals surface area (Å²) in [5.41, 5.74) is 11.4. The van der Waals surface area contributed by atoms with Crippen molar-refractivity contribution in [2.45, 2.75) is 27.8 Å². The summed E-state index contributed by atoms with van der Waals surface area (Å²) in [6, 6.07) is 23.7. The first-order valence-corrected chi connectivity index (χ1v) is 15.9. The van der Waals surface area contributed by atoms with Gasteiger partial charge in [0, 0.05) is 24.8 Å². The molecule has 0 aliphatic carbocycles. The van der Waals surface area contributed by atoms with Gasteiger partial charge in [-0.05, 0) is 65.1 Å². The predicted octanol–water partition coefficient (Wildman–Crippen LogP) is 9.35. The first kappa shape index (κ1) is 25.4. The summed E-state index contributed by atoms with van der Waals surface area (Å²) >= 11 is 12.4. The second-order valence-electron chi connectivity index (χ2n) is 8.74. The largest absolute Gasteiger partial charge is 0.383 e. The number of nitrogens with zero attached hydrogens (tertiary/aromatic N) is 2. The van der Waals surface area contributed by atoms with Gasteiger partial charge in [0.25, 0.3) is 0 Å². The molecule has 0 spiro atoms. The van der Waals surface area contributed by atoms with E-state index in [4.69, 9.17) is 10.7 Å². The lowest BCUT2D eigenvalue weighted by atomic mass is 9.98. The summed E-state index contributed by atoms with van der Waals surface area (Å²) in [6.45, 7) is 0. The van der Waals surface area contributed by atoms with Crippen molar-refractivity contribution >= 4 is 82.8 Å². The zero-order chi connectivity index (χ0) is 25.5. The lowest BCUT2D eigenvalue weighted by Crippen LogP contribution is -2.12. The molecule has 0 bridgehead atoms. The Morgan fingerprint density at radius 1 is 0.892 bits per heavy atom. The van der Waals surface area contributed by atoms with E-state index in [0.717, 1.165) is 31.1 Å². The maximum atomic E-state index is 13.3. The Morgan fingerprint density at radius 2 is 1.54 bits per heavy atom. The van der Waals surface area contributed by atoms with Crippen LogP contribution in [0, 0.1) is 5.82 Å². The van der Waals surface area contributed by atoms with Crippen LogP contribution in [0.4, 0.5) is 10.2 Å². The molecule has 2 N–H and O–H groups in total. The number of benzene rings is 3. The van der Waals surface area contributed by atoms with Crippen LogP contribution < -0.4 is 5.73 Å². The Bertz CT molecular complexity index is 1570. The maximum absolute atomic E-state index is 13.3. The number of nitrogens with two attached hydrogens (primary N) is 1. The molecule has 5 aromatic rings. The number of halogens is 3. The summed E-state index contributed by atoms with van der Waals surface area (Å²) in [5.74, 6) is 0.943. The van der Waals surface area contributed by atoms with Crippen LogP contribution in [-0.4, -0.2) is 9.97 Å². The highest BCUT2D eigenvalue weighted by atomic mass is 79.9. The van der Waals surface area contributed by atoms with Gasteiger partial charge in [-0.1, -0.05) is 80.0 Å². The number of nitrogen functional groups attached to an aromatic ring is 1. The topological polar surface area (TPSA) is 51.8 Å². The fourth-order valence-electron chi connectivity index (χ4n) is 4.49. The first-order valence-electron chi connectivity index (χ1n) is 11.6. The number of hydrogen-bond donors (Lipinski definition) is 1. The van der Waals surface area contributed by atoms with Gasteiger partial charge in [-0.15, -0.1) is 23.1 Å². The van der Waals surface area contributed by atoms with Crippen molar-refractivity contribution < 1.29 is 4.39 Å². The summed E-state index contributed by atoms with van der Waals surface area (Å²) in [5, 5.41) is 2.10. The third kappa shape index (κ3) is 5.34. The van der Waals surface area contributed by atoms with Crippen LogP contribution in [0.25, 0.3) is 10.2 Å². The van der Waals surface area contributed by atoms with E-state index in [0.29, 0.717) is 22.0 Å². The van der Waals surface area contributed by atoms with Crippen molar-refractivity contribution in [2.24, 2.45) is 0 Å². The van der Waals surface area contributed by atoms with E-state index in [-0.39, 0.29) is 11.1 Å². The Hall–Kier alpha value is -1.91. The molecule has 6 rings (SSSR count). The lowest BCUT2D eigenvalue weighted by molar-refractivity contribution is 0.627. The van der Waals surface area contributed by atoms with Crippen LogP contribution in [-0.2, 0) is 12.2 Å². The smallest absolute Gasteiger partial charge is 0.191 e. The Labute approximate surface area is 243 Å². The molecule has 2 aromatic heterocycles. The number of rotatable bonds is 5. The Morgan fingerprint density at radius 3 is 2.22 bits per heavy atom. The third-order valence-corrected chi connectivity index (χ3v) is 11.2. The van der Waals surface area contributed by atoms with Gasteiger partial charge in [-0.2, -0.15) is 0 Å². The van der Waals surface area contributed by atoms with Crippen LogP contribution >= 0.6 is 66.7 Å². The number of fused-ring (bicyclic) bond motifs is 3. The van der Waals surface area contributed by atoms with E-state index < -0.39 is 0 Å². The molecule has 9 heteroatoms. The number of hydrogen-bond acceptors (Lipinski definition) is 6. The zero-order valence-electron chi connectivity index (χ0n) is 19.3. The van der Waals surface area contributed by atoms with Crippen molar-refractivity contribution in [3.05, 3.63) is 115 Å². The normalized spacial score (nSPS) is 17.2. The van der Waals surface area contributed by atoms with E-state index in [2.05, 4.69) is 85.4 Å². The fourth-order valence-corrected chi connectivity index (χ4v) is 8.90. The van der Waals surface area contributed by atoms with Gasteiger partial charge >= 0.3 is 0 Å². The summed E-state index contributed by atoms with van der Waals surface area (Å²) in [4.78, 5) is 11.8. The average molecular weight is 673 g/mol. The molecular formula is C28H20Br2FN3S3. The fraction of sp³-hybridized carbons (Fsp3) is 0.143. The average Bonchev–Trinajstić information content (AvgIpc) is 3.28.